The van der Waals surface area contributed by atoms with Crippen molar-refractivity contribution in [3.05, 3.63) is 39.8 Å². The molecule has 0 fully saturated rings. The van der Waals surface area contributed by atoms with E-state index in [2.05, 4.69) is 4.74 Å². The van der Waals surface area contributed by atoms with Crippen LogP contribution in [-0.2, 0) is 14.3 Å². The molecule has 1 rings (SSSR count). The molecule has 0 spiro atoms. The number of halogens is 2. The van der Waals surface area contributed by atoms with Crippen molar-refractivity contribution in [2.24, 2.45) is 11.6 Å². The first-order valence-electron chi connectivity index (χ1n) is 5.74. The third-order valence-electron chi connectivity index (χ3n) is 2.25. The maximum Gasteiger partial charge on any atom is 0.359 e. The summed E-state index contributed by atoms with van der Waals surface area (Å²) in [5.41, 5.74) is 4.99. The van der Waals surface area contributed by atoms with E-state index in [9.17, 15) is 9.59 Å². The molecule has 10 heteroatoms. The molecule has 0 unspecified atom stereocenters. The summed E-state index contributed by atoms with van der Waals surface area (Å²) < 4.78 is 9.76. The van der Waals surface area contributed by atoms with Crippen LogP contribution in [-0.4, -0.2) is 28.8 Å². The number of ether oxygens (including phenoxy) is 2. The Morgan fingerprint density at radius 3 is 2.45 bits per heavy atom. The normalized spacial score (nSPS) is 11.5. The van der Waals surface area contributed by atoms with Gasteiger partial charge in [0.15, 0.2) is 6.73 Å². The number of esters is 1. The Morgan fingerprint density at radius 2 is 1.95 bits per heavy atom. The van der Waals surface area contributed by atoms with E-state index in [1.54, 1.807) is 0 Å². The van der Waals surface area contributed by atoms with Gasteiger partial charge in [-0.25, -0.2) is 10.6 Å². The average molecular weight is 350 g/mol. The minimum atomic E-state index is -1.47. The Morgan fingerprint density at radius 1 is 1.32 bits per heavy atom. The molecule has 22 heavy (non-hydrogen) atoms. The highest BCUT2D eigenvalue weighted by molar-refractivity contribution is 6.42. The van der Waals surface area contributed by atoms with Crippen molar-refractivity contribution >= 4 is 35.1 Å². The number of aliphatic carboxylic acids is 1. The van der Waals surface area contributed by atoms with Gasteiger partial charge in [-0.15, -0.1) is 0 Å². The fourth-order valence-electron chi connectivity index (χ4n) is 1.31. The molecule has 1 aromatic carbocycles. The maximum absolute atomic E-state index is 11.2. The summed E-state index contributed by atoms with van der Waals surface area (Å²) in [4.78, 5) is 21.9. The van der Waals surface area contributed by atoms with Gasteiger partial charge in [0.25, 0.3) is 0 Å². The van der Waals surface area contributed by atoms with Crippen LogP contribution in [0.15, 0.2) is 29.8 Å². The van der Waals surface area contributed by atoms with Gasteiger partial charge in [0.05, 0.1) is 10.0 Å². The van der Waals surface area contributed by atoms with Crippen molar-refractivity contribution < 1.29 is 24.2 Å². The van der Waals surface area contributed by atoms with E-state index in [0.717, 1.165) is 6.92 Å². The molecule has 0 amide bonds. The van der Waals surface area contributed by atoms with E-state index < -0.39 is 30.2 Å². The molecule has 0 aromatic heterocycles. The minimum Gasteiger partial charge on any atom is -0.476 e. The summed E-state index contributed by atoms with van der Waals surface area (Å²) in [5.74, 6) is 3.03. The number of rotatable bonds is 6. The van der Waals surface area contributed by atoms with Crippen molar-refractivity contribution in [2.45, 2.75) is 6.92 Å². The van der Waals surface area contributed by atoms with Crippen LogP contribution in [0.2, 0.25) is 10.0 Å². The van der Waals surface area contributed by atoms with Crippen molar-refractivity contribution in [3.8, 4) is 5.75 Å². The highest BCUT2D eigenvalue weighted by Gasteiger charge is 2.21. The molecule has 0 atom stereocenters. The summed E-state index contributed by atoms with van der Waals surface area (Å²) in [6, 6.07) is 4.24. The van der Waals surface area contributed by atoms with Crippen molar-refractivity contribution in [1.29, 1.82) is 0 Å². The number of nitrogens with two attached hydrogens (primary N) is 2. The van der Waals surface area contributed by atoms with Crippen molar-refractivity contribution in [2.75, 3.05) is 6.73 Å². The lowest BCUT2D eigenvalue weighted by molar-refractivity contribution is -0.147. The van der Waals surface area contributed by atoms with Gasteiger partial charge in [0.1, 0.15) is 5.75 Å². The predicted octanol–water partition coefficient (Wildman–Crippen LogP) is 1.28. The van der Waals surface area contributed by atoms with Crippen LogP contribution in [0.3, 0.4) is 0 Å². The number of carboxylic acids is 1. The molecule has 0 radical (unpaired) electrons. The maximum atomic E-state index is 11.2. The molecular formula is C12H13Cl2N3O5. The van der Waals surface area contributed by atoms with Crippen LogP contribution in [0, 0.1) is 0 Å². The van der Waals surface area contributed by atoms with Gasteiger partial charge in [-0.1, -0.05) is 23.2 Å². The zero-order valence-corrected chi connectivity index (χ0v) is 12.9. The number of hydrazine groups is 1. The Kier molecular flexibility index (Phi) is 6.29. The van der Waals surface area contributed by atoms with Gasteiger partial charge in [-0.05, 0) is 12.1 Å². The van der Waals surface area contributed by atoms with Gasteiger partial charge in [-0.3, -0.25) is 9.80 Å². The van der Waals surface area contributed by atoms with E-state index in [4.69, 9.17) is 44.6 Å². The smallest absolute Gasteiger partial charge is 0.359 e. The quantitative estimate of drug-likeness (QED) is 0.175. The Labute approximate surface area is 135 Å². The Hall–Kier alpha value is -2.16. The summed E-state index contributed by atoms with van der Waals surface area (Å²) in [6.07, 6.45) is 0. The van der Waals surface area contributed by atoms with Crippen LogP contribution >= 0.6 is 23.2 Å². The van der Waals surface area contributed by atoms with E-state index in [1.807, 2.05) is 0 Å². The standard InChI is InChI=1S/C12H13Cl2N3O5/c1-6(18)21-5-17(16)10(12(19)20)11(15)22-7-2-3-8(13)9(14)4-7/h2-4H,5,15-16H2,1H3,(H,19,20)/b11-10+. The first kappa shape index (κ1) is 17.9. The molecule has 1 aromatic rings. The second kappa shape index (κ2) is 7.74. The Bertz CT molecular complexity index is 621. The van der Waals surface area contributed by atoms with Gasteiger partial charge < -0.3 is 20.3 Å². The second-order valence-corrected chi connectivity index (χ2v) is 4.75. The fourth-order valence-corrected chi connectivity index (χ4v) is 1.60. The minimum absolute atomic E-state index is 0.159. The first-order valence-corrected chi connectivity index (χ1v) is 6.49. The van der Waals surface area contributed by atoms with Crippen LogP contribution in [0.25, 0.3) is 0 Å². The van der Waals surface area contributed by atoms with Gasteiger partial charge in [0, 0.05) is 13.0 Å². The molecule has 0 aliphatic rings. The van der Waals surface area contributed by atoms with E-state index in [1.165, 1.54) is 18.2 Å². The molecule has 5 N–H and O–H groups in total. The topological polar surface area (TPSA) is 128 Å². The van der Waals surface area contributed by atoms with Crippen LogP contribution in [0.1, 0.15) is 6.92 Å². The number of hydrogen-bond acceptors (Lipinski definition) is 7. The lowest BCUT2D eigenvalue weighted by Crippen LogP contribution is -2.39. The van der Waals surface area contributed by atoms with E-state index in [0.29, 0.717) is 10.0 Å². The first-order chi connectivity index (χ1) is 10.2. The Balaban J connectivity index is 2.99. The zero-order chi connectivity index (χ0) is 16.9. The fraction of sp³-hybridized carbons (Fsp3) is 0.167. The molecule has 0 bridgehead atoms. The molecule has 0 heterocycles. The van der Waals surface area contributed by atoms with Gasteiger partial charge >= 0.3 is 11.9 Å². The summed E-state index contributed by atoms with van der Waals surface area (Å²) >= 11 is 11.6. The van der Waals surface area contributed by atoms with Crippen LogP contribution < -0.4 is 16.3 Å². The average Bonchev–Trinajstić information content (AvgIpc) is 2.40. The number of hydrogen-bond donors (Lipinski definition) is 3. The predicted molar refractivity (Wildman–Crippen MR) is 78.6 cm³/mol. The van der Waals surface area contributed by atoms with Gasteiger partial charge in [0.2, 0.25) is 11.6 Å². The SMILES string of the molecule is CC(=O)OCN(N)/C(C(=O)O)=C(\N)Oc1ccc(Cl)c(Cl)c1. The van der Waals surface area contributed by atoms with E-state index in [-0.39, 0.29) is 10.8 Å². The lowest BCUT2D eigenvalue weighted by Gasteiger charge is -2.20. The van der Waals surface area contributed by atoms with Crippen LogP contribution in [0.5, 0.6) is 5.75 Å². The third-order valence-corrected chi connectivity index (χ3v) is 2.99. The highest BCUT2D eigenvalue weighted by atomic mass is 35.5. The molecule has 0 saturated carbocycles. The largest absolute Gasteiger partial charge is 0.476 e. The zero-order valence-electron chi connectivity index (χ0n) is 11.4. The third kappa shape index (κ3) is 4.99. The summed E-state index contributed by atoms with van der Waals surface area (Å²) in [5, 5.41) is 10.2. The summed E-state index contributed by atoms with van der Waals surface area (Å²) in [7, 11) is 0. The summed E-state index contributed by atoms with van der Waals surface area (Å²) in [6.45, 7) is 0.635. The molecule has 0 aliphatic heterocycles. The van der Waals surface area contributed by atoms with E-state index >= 15 is 0 Å². The number of benzene rings is 1. The number of nitrogens with zero attached hydrogens (tertiary/aromatic N) is 1. The lowest BCUT2D eigenvalue weighted by atomic mass is 10.3. The van der Waals surface area contributed by atoms with Crippen LogP contribution in [0.4, 0.5) is 0 Å². The number of carboxylic acid groups (broad SMARTS) is 1. The molecule has 8 nitrogen and oxygen atoms in total. The number of carbonyl (C=O) groups excluding carboxylic acids is 1. The second-order valence-electron chi connectivity index (χ2n) is 3.93. The monoisotopic (exact) mass is 349 g/mol. The highest BCUT2D eigenvalue weighted by Crippen LogP contribution is 2.27. The molecule has 0 aliphatic carbocycles. The van der Waals surface area contributed by atoms with Crippen molar-refractivity contribution in [3.63, 3.8) is 0 Å². The van der Waals surface area contributed by atoms with Crippen molar-refractivity contribution in [1.82, 2.24) is 5.01 Å². The molecular weight excluding hydrogens is 337 g/mol. The van der Waals surface area contributed by atoms with Gasteiger partial charge in [-0.2, -0.15) is 0 Å². The number of carbonyl (C=O) groups is 2. The molecule has 120 valence electrons. The molecule has 0 saturated heterocycles.